The molecule has 1 saturated heterocycles. The van der Waals surface area contributed by atoms with Crippen molar-refractivity contribution in [2.75, 3.05) is 31.1 Å². The Balaban J connectivity index is 2.32. The number of amides is 1. The second-order valence-electron chi connectivity index (χ2n) is 3.71. The average Bonchev–Trinajstić information content (AvgIpc) is 2.26. The highest BCUT2D eigenvalue weighted by atomic mass is 32.2. The van der Waals surface area contributed by atoms with Crippen molar-refractivity contribution in [2.24, 2.45) is 11.7 Å². The molecule has 0 aromatic carbocycles. The minimum atomic E-state index is 0.294. The highest BCUT2D eigenvalue weighted by molar-refractivity contribution is 7.99. The van der Waals surface area contributed by atoms with Crippen LogP contribution in [0.5, 0.6) is 0 Å². The number of hydrogen-bond acceptors (Lipinski definition) is 3. The van der Waals surface area contributed by atoms with Gasteiger partial charge in [-0.3, -0.25) is 4.79 Å². The van der Waals surface area contributed by atoms with Crippen molar-refractivity contribution in [1.82, 2.24) is 4.90 Å². The quantitative estimate of drug-likeness (QED) is 0.760. The topological polar surface area (TPSA) is 46.3 Å². The van der Waals surface area contributed by atoms with Gasteiger partial charge in [0, 0.05) is 31.0 Å². The third kappa shape index (κ3) is 3.50. The zero-order valence-corrected chi connectivity index (χ0v) is 9.68. The van der Waals surface area contributed by atoms with Gasteiger partial charge in [0.25, 0.3) is 0 Å². The van der Waals surface area contributed by atoms with Crippen LogP contribution in [0.4, 0.5) is 0 Å². The lowest BCUT2D eigenvalue weighted by Crippen LogP contribution is -2.39. The SMILES string of the molecule is CCC(CN)CC(=O)N1CCSCC1. The Hall–Kier alpha value is -0.220. The molecular formula is C10H20N2OS. The van der Waals surface area contributed by atoms with Gasteiger partial charge in [-0.15, -0.1) is 0 Å². The van der Waals surface area contributed by atoms with E-state index in [1.54, 1.807) is 0 Å². The molecule has 1 amide bonds. The summed E-state index contributed by atoms with van der Waals surface area (Å²) in [5.74, 6) is 2.84. The molecule has 1 aliphatic rings. The standard InChI is InChI=1S/C10H20N2OS/c1-2-9(8-11)7-10(13)12-3-5-14-6-4-12/h9H,2-8,11H2,1H3. The number of hydrogen-bond donors (Lipinski definition) is 1. The van der Waals surface area contributed by atoms with Gasteiger partial charge in [-0.05, 0) is 12.5 Å². The van der Waals surface area contributed by atoms with Gasteiger partial charge in [0.1, 0.15) is 0 Å². The molecule has 2 N–H and O–H groups in total. The van der Waals surface area contributed by atoms with E-state index in [2.05, 4.69) is 6.92 Å². The van der Waals surface area contributed by atoms with E-state index in [0.29, 0.717) is 24.8 Å². The molecule has 1 aliphatic heterocycles. The van der Waals surface area contributed by atoms with Crippen LogP contribution in [-0.4, -0.2) is 41.9 Å². The molecule has 14 heavy (non-hydrogen) atoms. The average molecular weight is 216 g/mol. The fourth-order valence-corrected chi connectivity index (χ4v) is 2.49. The summed E-state index contributed by atoms with van der Waals surface area (Å²) in [6.07, 6.45) is 1.64. The van der Waals surface area contributed by atoms with Crippen molar-refractivity contribution in [3.05, 3.63) is 0 Å². The lowest BCUT2D eigenvalue weighted by molar-refractivity contribution is -0.131. The van der Waals surface area contributed by atoms with E-state index >= 15 is 0 Å². The van der Waals surface area contributed by atoms with Crippen LogP contribution >= 0.6 is 11.8 Å². The monoisotopic (exact) mass is 216 g/mol. The summed E-state index contributed by atoms with van der Waals surface area (Å²) in [5.41, 5.74) is 5.59. The molecule has 0 radical (unpaired) electrons. The van der Waals surface area contributed by atoms with Gasteiger partial charge in [-0.2, -0.15) is 11.8 Å². The highest BCUT2D eigenvalue weighted by Crippen LogP contribution is 2.13. The zero-order chi connectivity index (χ0) is 10.4. The third-order valence-corrected chi connectivity index (χ3v) is 3.68. The molecule has 0 aliphatic carbocycles. The Morgan fingerprint density at radius 2 is 2.14 bits per heavy atom. The highest BCUT2D eigenvalue weighted by Gasteiger charge is 2.19. The lowest BCUT2D eigenvalue weighted by atomic mass is 10.0. The van der Waals surface area contributed by atoms with Crippen molar-refractivity contribution in [3.8, 4) is 0 Å². The van der Waals surface area contributed by atoms with E-state index in [4.69, 9.17) is 5.73 Å². The maximum atomic E-state index is 11.8. The van der Waals surface area contributed by atoms with E-state index < -0.39 is 0 Å². The normalized spacial score (nSPS) is 19.4. The number of nitrogens with zero attached hydrogens (tertiary/aromatic N) is 1. The van der Waals surface area contributed by atoms with Gasteiger partial charge >= 0.3 is 0 Å². The fourth-order valence-electron chi connectivity index (χ4n) is 1.58. The molecule has 1 fully saturated rings. The van der Waals surface area contributed by atoms with E-state index in [0.717, 1.165) is 31.0 Å². The fraction of sp³-hybridized carbons (Fsp3) is 0.900. The molecule has 0 aromatic heterocycles. The first-order valence-corrected chi connectivity index (χ1v) is 6.49. The Morgan fingerprint density at radius 1 is 1.50 bits per heavy atom. The summed E-state index contributed by atoms with van der Waals surface area (Å²) in [7, 11) is 0. The van der Waals surface area contributed by atoms with Gasteiger partial charge in [0.05, 0.1) is 0 Å². The molecule has 3 nitrogen and oxygen atoms in total. The molecule has 1 unspecified atom stereocenters. The minimum absolute atomic E-state index is 0.294. The van der Waals surface area contributed by atoms with Crippen LogP contribution in [0.3, 0.4) is 0 Å². The number of rotatable bonds is 4. The van der Waals surface area contributed by atoms with Gasteiger partial charge in [0.2, 0.25) is 5.91 Å². The Morgan fingerprint density at radius 3 is 2.64 bits per heavy atom. The third-order valence-electron chi connectivity index (χ3n) is 2.74. The zero-order valence-electron chi connectivity index (χ0n) is 8.87. The van der Waals surface area contributed by atoms with Crippen LogP contribution in [0.2, 0.25) is 0 Å². The first-order valence-electron chi connectivity index (χ1n) is 5.33. The van der Waals surface area contributed by atoms with Gasteiger partial charge in [-0.25, -0.2) is 0 Å². The number of nitrogens with two attached hydrogens (primary N) is 1. The molecule has 0 aromatic rings. The van der Waals surface area contributed by atoms with Crippen LogP contribution in [0.15, 0.2) is 0 Å². The van der Waals surface area contributed by atoms with Crippen molar-refractivity contribution < 1.29 is 4.79 Å². The number of carbonyl (C=O) groups excluding carboxylic acids is 1. The first kappa shape index (κ1) is 11.9. The van der Waals surface area contributed by atoms with Crippen molar-refractivity contribution >= 4 is 17.7 Å². The van der Waals surface area contributed by atoms with Crippen LogP contribution in [0.25, 0.3) is 0 Å². The van der Waals surface area contributed by atoms with Gasteiger partial charge in [-0.1, -0.05) is 13.3 Å². The lowest BCUT2D eigenvalue weighted by Gasteiger charge is -2.27. The van der Waals surface area contributed by atoms with E-state index in [1.807, 2.05) is 16.7 Å². The Bertz CT molecular complexity index is 177. The predicted octanol–water partition coefficient (Wildman–Crippen LogP) is 0.937. The first-order chi connectivity index (χ1) is 6.77. The summed E-state index contributed by atoms with van der Waals surface area (Å²) >= 11 is 1.93. The minimum Gasteiger partial charge on any atom is -0.341 e. The van der Waals surface area contributed by atoms with Gasteiger partial charge < -0.3 is 10.6 Å². The smallest absolute Gasteiger partial charge is 0.222 e. The largest absolute Gasteiger partial charge is 0.341 e. The summed E-state index contributed by atoms with van der Waals surface area (Å²) in [6, 6.07) is 0. The molecule has 0 saturated carbocycles. The summed E-state index contributed by atoms with van der Waals surface area (Å²) in [5, 5.41) is 0. The van der Waals surface area contributed by atoms with Crippen molar-refractivity contribution in [2.45, 2.75) is 19.8 Å². The summed E-state index contributed by atoms with van der Waals surface area (Å²) in [4.78, 5) is 13.8. The summed E-state index contributed by atoms with van der Waals surface area (Å²) < 4.78 is 0. The molecule has 1 atom stereocenters. The van der Waals surface area contributed by atoms with E-state index in [9.17, 15) is 4.79 Å². The maximum Gasteiger partial charge on any atom is 0.222 e. The van der Waals surface area contributed by atoms with Crippen LogP contribution < -0.4 is 5.73 Å². The molecule has 1 rings (SSSR count). The second kappa shape index (κ2) is 6.30. The molecule has 4 heteroatoms. The van der Waals surface area contributed by atoms with Crippen molar-refractivity contribution in [3.63, 3.8) is 0 Å². The Labute approximate surface area is 90.4 Å². The van der Waals surface area contributed by atoms with Crippen LogP contribution in [-0.2, 0) is 4.79 Å². The van der Waals surface area contributed by atoms with Gasteiger partial charge in [0.15, 0.2) is 0 Å². The molecule has 1 heterocycles. The van der Waals surface area contributed by atoms with Crippen LogP contribution in [0.1, 0.15) is 19.8 Å². The maximum absolute atomic E-state index is 11.8. The van der Waals surface area contributed by atoms with E-state index in [-0.39, 0.29) is 0 Å². The van der Waals surface area contributed by atoms with E-state index in [1.165, 1.54) is 0 Å². The molecule has 82 valence electrons. The number of thioether (sulfide) groups is 1. The van der Waals surface area contributed by atoms with Crippen molar-refractivity contribution in [1.29, 1.82) is 0 Å². The Kier molecular flexibility index (Phi) is 5.33. The molecular weight excluding hydrogens is 196 g/mol. The second-order valence-corrected chi connectivity index (χ2v) is 4.93. The van der Waals surface area contributed by atoms with Crippen LogP contribution in [0, 0.1) is 5.92 Å². The molecule has 0 spiro atoms. The summed E-state index contributed by atoms with van der Waals surface area (Å²) in [6.45, 7) is 4.57. The predicted molar refractivity (Wildman–Crippen MR) is 61.4 cm³/mol. The number of carbonyl (C=O) groups is 1. The molecule has 0 bridgehead atoms.